The van der Waals surface area contributed by atoms with Crippen LogP contribution in [-0.2, 0) is 0 Å². The van der Waals surface area contributed by atoms with E-state index in [1.54, 1.807) is 11.3 Å². The van der Waals surface area contributed by atoms with Gasteiger partial charge in [-0.15, -0.1) is 36.2 Å². The molecular weight excluding hydrogens is 355 g/mol. The Labute approximate surface area is 152 Å². The lowest BCUT2D eigenvalue weighted by Crippen LogP contribution is -2.34. The normalized spacial score (nSPS) is 20.0. The SMILES string of the molecule is Cc1nc(-c2c[nH]c(C(=O)N3CC(CN)CC3C)c2)cs1.Cl.Cl. The molecule has 3 N–H and O–H groups in total. The van der Waals surface area contributed by atoms with Crippen molar-refractivity contribution in [3.63, 3.8) is 0 Å². The van der Waals surface area contributed by atoms with E-state index in [9.17, 15) is 4.79 Å². The number of thiazole rings is 1. The molecule has 0 bridgehead atoms. The Bertz CT molecular complexity index is 657. The first-order valence-electron chi connectivity index (χ1n) is 7.20. The second kappa shape index (κ2) is 8.15. The highest BCUT2D eigenvalue weighted by Gasteiger charge is 2.32. The van der Waals surface area contributed by atoms with Crippen molar-refractivity contribution >= 4 is 42.1 Å². The summed E-state index contributed by atoms with van der Waals surface area (Å²) in [6.07, 6.45) is 2.84. The summed E-state index contributed by atoms with van der Waals surface area (Å²) in [4.78, 5) is 22.1. The summed E-state index contributed by atoms with van der Waals surface area (Å²) in [6, 6.07) is 2.14. The molecule has 0 aromatic carbocycles. The van der Waals surface area contributed by atoms with E-state index in [0.29, 0.717) is 18.2 Å². The highest BCUT2D eigenvalue weighted by atomic mass is 35.5. The molecule has 1 saturated heterocycles. The lowest BCUT2D eigenvalue weighted by molar-refractivity contribution is 0.0738. The topological polar surface area (TPSA) is 75.0 Å². The van der Waals surface area contributed by atoms with E-state index >= 15 is 0 Å². The summed E-state index contributed by atoms with van der Waals surface area (Å²) < 4.78 is 0. The van der Waals surface area contributed by atoms with E-state index in [-0.39, 0.29) is 36.8 Å². The van der Waals surface area contributed by atoms with E-state index in [4.69, 9.17) is 5.73 Å². The highest BCUT2D eigenvalue weighted by molar-refractivity contribution is 7.09. The van der Waals surface area contributed by atoms with Crippen LogP contribution in [0.3, 0.4) is 0 Å². The van der Waals surface area contributed by atoms with Crippen molar-refractivity contribution in [1.29, 1.82) is 0 Å². The Kier molecular flexibility index (Phi) is 7.07. The third-order valence-electron chi connectivity index (χ3n) is 4.08. The maximum absolute atomic E-state index is 12.6. The monoisotopic (exact) mass is 376 g/mol. The number of aryl methyl sites for hydroxylation is 1. The van der Waals surface area contributed by atoms with Gasteiger partial charge >= 0.3 is 0 Å². The average Bonchev–Trinajstić information content (AvgIpc) is 3.16. The minimum atomic E-state index is 0. The third-order valence-corrected chi connectivity index (χ3v) is 4.86. The number of carbonyl (C=O) groups excluding carboxylic acids is 1. The van der Waals surface area contributed by atoms with Gasteiger partial charge in [-0.1, -0.05) is 0 Å². The molecule has 5 nitrogen and oxygen atoms in total. The van der Waals surface area contributed by atoms with E-state index in [2.05, 4.69) is 16.9 Å². The fraction of sp³-hybridized carbons (Fsp3) is 0.467. The Morgan fingerprint density at radius 2 is 2.26 bits per heavy atom. The van der Waals surface area contributed by atoms with Crippen LogP contribution in [0.4, 0.5) is 0 Å². The number of hydrogen-bond donors (Lipinski definition) is 2. The molecule has 2 aromatic heterocycles. The molecule has 2 atom stereocenters. The van der Waals surface area contributed by atoms with Crippen LogP contribution in [0.1, 0.15) is 28.8 Å². The Morgan fingerprint density at radius 1 is 1.52 bits per heavy atom. The summed E-state index contributed by atoms with van der Waals surface area (Å²) in [6.45, 7) is 5.45. The van der Waals surface area contributed by atoms with Gasteiger partial charge in [-0.05, 0) is 38.8 Å². The molecule has 128 valence electrons. The second-order valence-electron chi connectivity index (χ2n) is 5.70. The van der Waals surface area contributed by atoms with Gasteiger partial charge in [-0.3, -0.25) is 4.79 Å². The van der Waals surface area contributed by atoms with Crippen molar-refractivity contribution in [3.05, 3.63) is 28.3 Å². The molecule has 0 spiro atoms. The number of aromatic nitrogens is 2. The summed E-state index contributed by atoms with van der Waals surface area (Å²) in [5.74, 6) is 0.469. The molecule has 0 saturated carbocycles. The van der Waals surface area contributed by atoms with Crippen molar-refractivity contribution in [2.45, 2.75) is 26.3 Å². The van der Waals surface area contributed by atoms with Gasteiger partial charge in [0.05, 0.1) is 10.7 Å². The van der Waals surface area contributed by atoms with Crippen LogP contribution >= 0.6 is 36.2 Å². The molecular formula is C15H22Cl2N4OS. The van der Waals surface area contributed by atoms with E-state index in [0.717, 1.165) is 29.2 Å². The molecule has 2 aromatic rings. The molecule has 8 heteroatoms. The van der Waals surface area contributed by atoms with Gasteiger partial charge in [0.2, 0.25) is 0 Å². The van der Waals surface area contributed by atoms with Gasteiger partial charge in [0.1, 0.15) is 5.69 Å². The van der Waals surface area contributed by atoms with Gasteiger partial charge in [-0.25, -0.2) is 4.98 Å². The van der Waals surface area contributed by atoms with Gasteiger partial charge in [0, 0.05) is 29.7 Å². The molecule has 1 amide bonds. The zero-order valence-electron chi connectivity index (χ0n) is 13.1. The predicted octanol–water partition coefficient (Wildman–Crippen LogP) is 3.10. The van der Waals surface area contributed by atoms with E-state index in [1.807, 2.05) is 29.5 Å². The van der Waals surface area contributed by atoms with Crippen LogP contribution in [0.2, 0.25) is 0 Å². The molecule has 3 heterocycles. The maximum atomic E-state index is 12.6. The van der Waals surface area contributed by atoms with Crippen molar-refractivity contribution in [2.75, 3.05) is 13.1 Å². The first kappa shape index (κ1) is 20.0. The molecule has 1 aliphatic rings. The first-order valence-corrected chi connectivity index (χ1v) is 8.08. The van der Waals surface area contributed by atoms with Crippen LogP contribution in [0.15, 0.2) is 17.6 Å². The minimum absolute atomic E-state index is 0. The fourth-order valence-corrected chi connectivity index (χ4v) is 3.53. The highest BCUT2D eigenvalue weighted by Crippen LogP contribution is 2.26. The Hall–Kier alpha value is -1.08. The standard InChI is InChI=1S/C15H20N4OS.2ClH/c1-9-3-11(5-16)7-19(9)15(20)13-4-12(6-17-13)14-8-21-10(2)18-14;;/h4,6,8-9,11,17H,3,5,7,16H2,1-2H3;2*1H. The largest absolute Gasteiger partial charge is 0.357 e. The lowest BCUT2D eigenvalue weighted by Gasteiger charge is -2.20. The number of H-pyrrole nitrogens is 1. The average molecular weight is 377 g/mol. The minimum Gasteiger partial charge on any atom is -0.357 e. The Balaban J connectivity index is 0.00000132. The Morgan fingerprint density at radius 3 is 2.83 bits per heavy atom. The maximum Gasteiger partial charge on any atom is 0.270 e. The number of aromatic amines is 1. The van der Waals surface area contributed by atoms with Crippen molar-refractivity contribution in [2.24, 2.45) is 11.7 Å². The summed E-state index contributed by atoms with van der Waals surface area (Å²) in [7, 11) is 0. The molecule has 2 unspecified atom stereocenters. The summed E-state index contributed by atoms with van der Waals surface area (Å²) in [5, 5.41) is 3.04. The number of carbonyl (C=O) groups is 1. The van der Waals surface area contributed by atoms with Gasteiger partial charge in [0.15, 0.2) is 0 Å². The smallest absolute Gasteiger partial charge is 0.270 e. The van der Waals surface area contributed by atoms with Crippen LogP contribution in [0.5, 0.6) is 0 Å². The van der Waals surface area contributed by atoms with Crippen LogP contribution in [0, 0.1) is 12.8 Å². The number of halogens is 2. The summed E-state index contributed by atoms with van der Waals surface area (Å²) in [5.41, 5.74) is 8.23. The van der Waals surface area contributed by atoms with Crippen LogP contribution < -0.4 is 5.73 Å². The van der Waals surface area contributed by atoms with Gasteiger partial charge in [0.25, 0.3) is 5.91 Å². The zero-order chi connectivity index (χ0) is 15.0. The zero-order valence-corrected chi connectivity index (χ0v) is 15.6. The number of amides is 1. The predicted molar refractivity (Wildman–Crippen MR) is 98.8 cm³/mol. The molecule has 1 aliphatic heterocycles. The molecule has 1 fully saturated rings. The van der Waals surface area contributed by atoms with Crippen LogP contribution in [-0.4, -0.2) is 39.9 Å². The van der Waals surface area contributed by atoms with Crippen molar-refractivity contribution in [3.8, 4) is 11.3 Å². The van der Waals surface area contributed by atoms with E-state index < -0.39 is 0 Å². The number of rotatable bonds is 3. The van der Waals surface area contributed by atoms with Crippen LogP contribution in [0.25, 0.3) is 11.3 Å². The molecule has 23 heavy (non-hydrogen) atoms. The van der Waals surface area contributed by atoms with Gasteiger partial charge in [-0.2, -0.15) is 0 Å². The van der Waals surface area contributed by atoms with E-state index in [1.165, 1.54) is 0 Å². The van der Waals surface area contributed by atoms with Crippen molar-refractivity contribution in [1.82, 2.24) is 14.9 Å². The molecule has 0 aliphatic carbocycles. The quantitative estimate of drug-likeness (QED) is 0.863. The third kappa shape index (κ3) is 4.07. The number of nitrogens with two attached hydrogens (primary N) is 1. The molecule has 3 rings (SSSR count). The summed E-state index contributed by atoms with van der Waals surface area (Å²) >= 11 is 1.61. The molecule has 0 radical (unpaired) electrons. The second-order valence-corrected chi connectivity index (χ2v) is 6.76. The number of likely N-dealkylation sites (tertiary alicyclic amines) is 1. The number of hydrogen-bond acceptors (Lipinski definition) is 4. The van der Waals surface area contributed by atoms with Crippen molar-refractivity contribution < 1.29 is 4.79 Å². The van der Waals surface area contributed by atoms with Gasteiger partial charge < -0.3 is 15.6 Å². The lowest BCUT2D eigenvalue weighted by atomic mass is 10.1. The fourth-order valence-electron chi connectivity index (χ4n) is 2.91. The number of nitrogens with one attached hydrogen (secondary N) is 1. The first-order chi connectivity index (χ1) is 10.1. The number of nitrogens with zero attached hydrogens (tertiary/aromatic N) is 2.